The topological polar surface area (TPSA) is 54.3 Å². The summed E-state index contributed by atoms with van der Waals surface area (Å²) in [5, 5.41) is 16.9. The Morgan fingerprint density at radius 1 is 0.931 bits per heavy atom. The third-order valence-electron chi connectivity index (χ3n) is 5.15. The van der Waals surface area contributed by atoms with Gasteiger partial charge in [0.2, 0.25) is 0 Å². The second-order valence-electron chi connectivity index (χ2n) is 7.01. The van der Waals surface area contributed by atoms with Gasteiger partial charge in [-0.15, -0.1) is 0 Å². The molecule has 1 atom stereocenters. The Morgan fingerprint density at radius 2 is 1.72 bits per heavy atom. The number of nitrogens with zero attached hydrogens (tertiary/aromatic N) is 2. The van der Waals surface area contributed by atoms with Crippen LogP contribution in [0.5, 0.6) is 17.2 Å². The number of halogens is 1. The number of phenols is 1. The summed E-state index contributed by atoms with van der Waals surface area (Å²) in [5.41, 5.74) is 2.96. The lowest BCUT2D eigenvalue weighted by atomic mass is 9.97. The zero-order valence-corrected chi connectivity index (χ0v) is 15.6. The molecule has 2 heterocycles. The first-order valence-corrected chi connectivity index (χ1v) is 9.49. The fraction of sp³-hybridized carbons (Fsp3) is 0.174. The second-order valence-corrected chi connectivity index (χ2v) is 7.01. The first-order valence-electron chi connectivity index (χ1n) is 9.49. The fourth-order valence-electron chi connectivity index (χ4n) is 3.76. The smallest absolute Gasteiger partial charge is 0.161 e. The van der Waals surface area contributed by atoms with Crippen LogP contribution in [0.2, 0.25) is 0 Å². The van der Waals surface area contributed by atoms with Gasteiger partial charge in [0.25, 0.3) is 0 Å². The Hall–Kier alpha value is -3.54. The highest BCUT2D eigenvalue weighted by molar-refractivity contribution is 6.05. The van der Waals surface area contributed by atoms with Crippen molar-refractivity contribution in [2.24, 2.45) is 5.10 Å². The first kappa shape index (κ1) is 17.6. The molecule has 3 aromatic rings. The lowest BCUT2D eigenvalue weighted by Crippen LogP contribution is -2.20. The van der Waals surface area contributed by atoms with Crippen molar-refractivity contribution in [3.8, 4) is 17.2 Å². The first-order chi connectivity index (χ1) is 14.2. The zero-order valence-electron chi connectivity index (χ0n) is 15.6. The lowest BCUT2D eigenvalue weighted by Gasteiger charge is -2.25. The maximum atomic E-state index is 13.8. The van der Waals surface area contributed by atoms with Crippen LogP contribution in [0.1, 0.15) is 23.6 Å². The minimum absolute atomic E-state index is 0.0148. The summed E-state index contributed by atoms with van der Waals surface area (Å²) in [6.45, 7) is 1.06. The number of hydrogen-bond acceptors (Lipinski definition) is 5. The van der Waals surface area contributed by atoms with Crippen LogP contribution < -0.4 is 14.5 Å². The average molecular weight is 390 g/mol. The van der Waals surface area contributed by atoms with Crippen LogP contribution in [0.25, 0.3) is 0 Å². The summed E-state index contributed by atoms with van der Waals surface area (Å²) in [6.07, 6.45) is 0.519. The summed E-state index contributed by atoms with van der Waals surface area (Å²) in [7, 11) is 0. The van der Waals surface area contributed by atoms with E-state index in [9.17, 15) is 9.50 Å². The number of hydrogen-bond donors (Lipinski definition) is 1. The molecule has 0 aromatic heterocycles. The molecule has 6 heteroatoms. The van der Waals surface area contributed by atoms with Crippen LogP contribution in [-0.2, 0) is 0 Å². The molecule has 0 bridgehead atoms. The Balaban J connectivity index is 1.57. The number of benzene rings is 3. The predicted molar refractivity (Wildman–Crippen MR) is 108 cm³/mol. The van der Waals surface area contributed by atoms with E-state index in [0.717, 1.165) is 17.0 Å². The molecule has 3 aromatic carbocycles. The molecule has 0 fully saturated rings. The number of phenolic OH excluding ortho intramolecular Hbond substituents is 1. The molecule has 29 heavy (non-hydrogen) atoms. The minimum atomic E-state index is -0.408. The van der Waals surface area contributed by atoms with Crippen LogP contribution in [-0.4, -0.2) is 24.0 Å². The third-order valence-corrected chi connectivity index (χ3v) is 5.15. The molecule has 0 amide bonds. The van der Waals surface area contributed by atoms with Crippen LogP contribution in [0.4, 0.5) is 10.1 Å². The molecule has 5 nitrogen and oxygen atoms in total. The van der Waals surface area contributed by atoms with Gasteiger partial charge in [-0.05, 0) is 48.0 Å². The van der Waals surface area contributed by atoms with Crippen molar-refractivity contribution in [2.45, 2.75) is 12.5 Å². The minimum Gasteiger partial charge on any atom is -0.507 e. The molecule has 2 aliphatic heterocycles. The standard InChI is InChI=1S/C23H19FN2O3/c24-16-7-8-21(27)18(13-16)19-14-20(26(25-19)17-4-2-1-3-5-17)15-6-9-22-23(12-15)29-11-10-28-22/h1-9,12-13,20,27H,10-11,14H2/t20-/m1/s1. The number of aromatic hydroxyl groups is 1. The van der Waals surface area contributed by atoms with Crippen molar-refractivity contribution in [2.75, 3.05) is 18.2 Å². The third kappa shape index (κ3) is 3.27. The van der Waals surface area contributed by atoms with E-state index in [2.05, 4.69) is 0 Å². The van der Waals surface area contributed by atoms with Crippen molar-refractivity contribution >= 4 is 11.4 Å². The molecule has 0 saturated heterocycles. The molecule has 0 aliphatic carbocycles. The van der Waals surface area contributed by atoms with Crippen LogP contribution in [0.15, 0.2) is 71.8 Å². The van der Waals surface area contributed by atoms with E-state index >= 15 is 0 Å². The van der Waals surface area contributed by atoms with Gasteiger partial charge in [-0.25, -0.2) is 4.39 Å². The number of hydrazone groups is 1. The van der Waals surface area contributed by atoms with E-state index in [0.29, 0.717) is 36.7 Å². The fourth-order valence-corrected chi connectivity index (χ4v) is 3.76. The summed E-state index contributed by atoms with van der Waals surface area (Å²) in [6, 6.07) is 19.5. The number of anilines is 1. The molecule has 0 saturated carbocycles. The van der Waals surface area contributed by atoms with Crippen LogP contribution in [0.3, 0.4) is 0 Å². The molecule has 2 aliphatic rings. The van der Waals surface area contributed by atoms with Gasteiger partial charge >= 0.3 is 0 Å². The van der Waals surface area contributed by atoms with Crippen molar-refractivity contribution in [1.82, 2.24) is 0 Å². The second kappa shape index (κ2) is 7.13. The lowest BCUT2D eigenvalue weighted by molar-refractivity contribution is 0.171. The van der Waals surface area contributed by atoms with E-state index in [1.165, 1.54) is 18.2 Å². The zero-order chi connectivity index (χ0) is 19.8. The van der Waals surface area contributed by atoms with Gasteiger partial charge in [0.1, 0.15) is 24.8 Å². The van der Waals surface area contributed by atoms with Gasteiger partial charge in [-0.3, -0.25) is 5.01 Å². The van der Waals surface area contributed by atoms with Crippen molar-refractivity contribution in [3.05, 3.63) is 83.7 Å². The van der Waals surface area contributed by atoms with Crippen LogP contribution >= 0.6 is 0 Å². The van der Waals surface area contributed by atoms with Gasteiger partial charge < -0.3 is 14.6 Å². The van der Waals surface area contributed by atoms with Crippen molar-refractivity contribution in [1.29, 1.82) is 0 Å². The van der Waals surface area contributed by atoms with Gasteiger partial charge in [-0.1, -0.05) is 24.3 Å². The molecular weight excluding hydrogens is 371 g/mol. The number of para-hydroxylation sites is 1. The maximum Gasteiger partial charge on any atom is 0.161 e. The van der Waals surface area contributed by atoms with Crippen molar-refractivity contribution in [3.63, 3.8) is 0 Å². The quantitative estimate of drug-likeness (QED) is 0.707. The molecule has 0 spiro atoms. The molecule has 1 N–H and O–H groups in total. The molecule has 0 radical (unpaired) electrons. The summed E-state index contributed by atoms with van der Waals surface area (Å²) in [5.74, 6) is 1.05. The van der Waals surface area contributed by atoms with E-state index in [-0.39, 0.29) is 11.8 Å². The normalized spacial score (nSPS) is 17.9. The highest BCUT2D eigenvalue weighted by Gasteiger charge is 2.32. The number of rotatable bonds is 3. The molecular formula is C23H19FN2O3. The number of ether oxygens (including phenoxy) is 2. The van der Waals surface area contributed by atoms with E-state index in [1.807, 2.05) is 53.5 Å². The summed E-state index contributed by atoms with van der Waals surface area (Å²) >= 11 is 0. The molecule has 5 rings (SSSR count). The van der Waals surface area contributed by atoms with E-state index in [4.69, 9.17) is 14.6 Å². The highest BCUT2D eigenvalue weighted by Crippen LogP contribution is 2.41. The summed E-state index contributed by atoms with van der Waals surface area (Å²) in [4.78, 5) is 0. The Labute approximate surface area is 167 Å². The van der Waals surface area contributed by atoms with Crippen molar-refractivity contribution < 1.29 is 19.0 Å². The predicted octanol–water partition coefficient (Wildman–Crippen LogP) is 4.66. The molecule has 0 unspecified atom stereocenters. The number of fused-ring (bicyclic) bond motifs is 1. The Morgan fingerprint density at radius 3 is 2.55 bits per heavy atom. The van der Waals surface area contributed by atoms with Gasteiger partial charge in [-0.2, -0.15) is 5.10 Å². The van der Waals surface area contributed by atoms with Gasteiger partial charge in [0, 0.05) is 12.0 Å². The monoisotopic (exact) mass is 390 g/mol. The SMILES string of the molecule is Oc1ccc(F)cc1C1=NN(c2ccccc2)[C@@H](c2ccc3c(c2)OCCO3)C1. The van der Waals surface area contributed by atoms with Gasteiger partial charge in [0.05, 0.1) is 17.4 Å². The van der Waals surface area contributed by atoms with E-state index in [1.54, 1.807) is 0 Å². The largest absolute Gasteiger partial charge is 0.507 e. The average Bonchev–Trinajstić information content (AvgIpc) is 3.21. The molecule has 146 valence electrons. The highest BCUT2D eigenvalue weighted by atomic mass is 19.1. The van der Waals surface area contributed by atoms with Crippen LogP contribution in [0, 0.1) is 5.82 Å². The Kier molecular flexibility index (Phi) is 4.31. The van der Waals surface area contributed by atoms with Gasteiger partial charge in [0.15, 0.2) is 11.5 Å². The maximum absolute atomic E-state index is 13.8. The Bertz CT molecular complexity index is 1080. The summed E-state index contributed by atoms with van der Waals surface area (Å²) < 4.78 is 25.2. The van der Waals surface area contributed by atoms with E-state index < -0.39 is 5.82 Å².